The van der Waals surface area contributed by atoms with Gasteiger partial charge < -0.3 is 45.2 Å². The summed E-state index contributed by atoms with van der Waals surface area (Å²) in [6.45, 7) is 11.4. The first-order valence-electron chi connectivity index (χ1n) is 34.8. The largest absolute Gasteiger partial charge is 0.495 e. The molecule has 116 heavy (non-hydrogen) atoms. The van der Waals surface area contributed by atoms with Crippen LogP contribution >= 0.6 is 69.6 Å². The first-order valence-corrected chi connectivity index (χ1v) is 37.1. The molecule has 7 amide bonds. The van der Waals surface area contributed by atoms with Gasteiger partial charge in [0.2, 0.25) is 5.91 Å². The van der Waals surface area contributed by atoms with Crippen molar-refractivity contribution in [1.29, 1.82) is 0 Å². The van der Waals surface area contributed by atoms with E-state index in [1.807, 2.05) is 50.2 Å². The van der Waals surface area contributed by atoms with Crippen molar-refractivity contribution in [3.05, 3.63) is 246 Å². The molecule has 0 bridgehead atoms. The Hall–Kier alpha value is -12.3. The molecule has 604 valence electrons. The fraction of sp³-hybridized carbons (Fsp3) is 0.241. The van der Waals surface area contributed by atoms with Gasteiger partial charge in [0.05, 0.1) is 89.2 Å². The summed E-state index contributed by atoms with van der Waals surface area (Å²) in [6.07, 6.45) is 7.15. The highest BCUT2D eigenvalue weighted by atomic mass is 35.5. The number of nitrogens with zero attached hydrogens (tertiary/aromatic N) is 14. The van der Waals surface area contributed by atoms with Crippen LogP contribution in [0.5, 0.6) is 34.5 Å². The molecule has 0 fully saturated rings. The number of anilines is 9. The number of halogens is 6. The van der Waals surface area contributed by atoms with E-state index >= 15 is 0 Å². The number of aromatic nitrogens is 6. The van der Waals surface area contributed by atoms with Crippen molar-refractivity contribution in [3.63, 3.8) is 0 Å². The molecule has 31 nitrogen and oxygen atoms in total. The lowest BCUT2D eigenvalue weighted by Crippen LogP contribution is -2.46. The van der Waals surface area contributed by atoms with Gasteiger partial charge in [-0.3, -0.25) is 54.4 Å². The fourth-order valence-corrected chi connectivity index (χ4v) is 14.8. The number of nitro groups is 2. The summed E-state index contributed by atoms with van der Waals surface area (Å²) in [5.41, 5.74) is 21.9. The number of fused-ring (bicyclic) bond motifs is 3. The minimum absolute atomic E-state index is 0.00168. The Bertz CT molecular complexity index is 5470. The number of nitro benzene ring substituents is 2. The van der Waals surface area contributed by atoms with E-state index in [4.69, 9.17) is 109 Å². The van der Waals surface area contributed by atoms with Crippen LogP contribution in [0.25, 0.3) is 0 Å². The maximum Gasteiger partial charge on any atom is 0.330 e. The number of urea groups is 3. The Morgan fingerprint density at radius 3 is 1.10 bits per heavy atom. The van der Waals surface area contributed by atoms with Crippen LogP contribution in [0.1, 0.15) is 73.1 Å². The lowest BCUT2D eigenvalue weighted by molar-refractivity contribution is -0.385. The molecule has 37 heteroatoms. The van der Waals surface area contributed by atoms with Crippen molar-refractivity contribution in [3.8, 4) is 34.5 Å². The van der Waals surface area contributed by atoms with Gasteiger partial charge in [-0.2, -0.15) is 0 Å². The maximum atomic E-state index is 13.5. The molecule has 3 aliphatic rings. The number of para-hydroxylation sites is 1. The number of amides is 7. The Morgan fingerprint density at radius 2 is 0.776 bits per heavy atom. The second kappa shape index (κ2) is 36.9. The smallest absolute Gasteiger partial charge is 0.330 e. The average Bonchev–Trinajstić information content (AvgIpc) is 0.763. The van der Waals surface area contributed by atoms with Crippen LogP contribution in [0.3, 0.4) is 0 Å². The van der Waals surface area contributed by atoms with E-state index in [2.05, 4.69) is 41.8 Å². The van der Waals surface area contributed by atoms with Gasteiger partial charge in [-0.15, -0.1) is 0 Å². The summed E-state index contributed by atoms with van der Waals surface area (Å²) in [6, 6.07) is 24.5. The zero-order valence-electron chi connectivity index (χ0n) is 64.8. The number of nitrogens with two attached hydrogens (primary N) is 2. The Balaban J connectivity index is 0.000000172. The number of hydrogen-bond donors (Lipinski definition) is 3. The molecule has 0 saturated heterocycles. The van der Waals surface area contributed by atoms with E-state index in [0.29, 0.717) is 116 Å². The van der Waals surface area contributed by atoms with Crippen LogP contribution in [0.4, 0.5) is 77.3 Å². The molecule has 10 aromatic rings. The minimum Gasteiger partial charge on any atom is -0.495 e. The van der Waals surface area contributed by atoms with Gasteiger partial charge in [-0.1, -0.05) is 125 Å². The molecular weight excluding hydrogens is 1620 g/mol. The van der Waals surface area contributed by atoms with Gasteiger partial charge >= 0.3 is 18.1 Å². The number of aryl methyl sites for hydroxylation is 4. The number of rotatable bonds is 19. The molecule has 0 radical (unpaired) electrons. The monoisotopic (exact) mass is 1700 g/mol. The third-order valence-corrected chi connectivity index (χ3v) is 21.2. The SMILES string of the molecule is C=CC(=O)Nc1cccc(C)c1Cc1ncc2c(n1)N(C)C(=O)N(c1c(Cl)c(OC)cc(OC)c1Cl)C2.COc1cc(OC)c(Cl)c(N2Cc3cnc(Cc4c(C)cccc4N)nc3N(C)C2=O)c1Cl.COc1cc(OC)c(Cl)c(N2Cc3cnc(Cc4c(C)cccc4[N+](=O)[O-])nc3N(C)C2=O)c1Cl.Cc1cccc([N+](=O)[O-])c1N. The second-order valence-corrected chi connectivity index (χ2v) is 28.3. The first-order chi connectivity index (χ1) is 55.2. The van der Waals surface area contributed by atoms with Crippen molar-refractivity contribution in [2.75, 3.05) is 110 Å². The molecule has 7 aromatic carbocycles. The highest BCUT2D eigenvalue weighted by Gasteiger charge is 2.39. The zero-order chi connectivity index (χ0) is 84.6. The van der Waals surface area contributed by atoms with E-state index < -0.39 is 15.9 Å². The quantitative estimate of drug-likeness (QED) is 0.0293. The van der Waals surface area contributed by atoms with Crippen molar-refractivity contribution in [1.82, 2.24) is 29.9 Å². The summed E-state index contributed by atoms with van der Waals surface area (Å²) in [7, 11) is 13.6. The lowest BCUT2D eigenvalue weighted by atomic mass is 10.0. The number of nitrogen functional groups attached to an aromatic ring is 2. The van der Waals surface area contributed by atoms with Crippen molar-refractivity contribution in [2.24, 2.45) is 0 Å². The highest BCUT2D eigenvalue weighted by Crippen LogP contribution is 2.51. The molecule has 0 aliphatic carbocycles. The Labute approximate surface area is 696 Å². The van der Waals surface area contributed by atoms with E-state index in [0.717, 1.165) is 38.9 Å². The molecule has 13 rings (SSSR count). The van der Waals surface area contributed by atoms with Gasteiger partial charge in [0, 0.05) is 123 Å². The Morgan fingerprint density at radius 1 is 0.474 bits per heavy atom. The average molecular weight is 1700 g/mol. The van der Waals surface area contributed by atoms with E-state index in [9.17, 15) is 39.4 Å². The normalized spacial score (nSPS) is 12.7. The predicted molar refractivity (Wildman–Crippen MR) is 449 cm³/mol. The summed E-state index contributed by atoms with van der Waals surface area (Å²) in [5.74, 6) is 4.44. The van der Waals surface area contributed by atoms with Crippen molar-refractivity contribution in [2.45, 2.75) is 66.6 Å². The summed E-state index contributed by atoms with van der Waals surface area (Å²) in [5, 5.41) is 25.7. The van der Waals surface area contributed by atoms with Gasteiger partial charge in [-0.05, 0) is 79.3 Å². The fourth-order valence-electron chi connectivity index (χ4n) is 12.7. The molecule has 0 unspecified atom stereocenters. The molecule has 6 heterocycles. The molecule has 0 spiro atoms. The Kier molecular flexibility index (Phi) is 27.4. The number of carbonyl (C=O) groups excluding carboxylic acids is 4. The predicted octanol–water partition coefficient (Wildman–Crippen LogP) is 16.9. The third-order valence-electron chi connectivity index (χ3n) is 19.0. The second-order valence-electron chi connectivity index (χ2n) is 26.0. The lowest BCUT2D eigenvalue weighted by Gasteiger charge is -2.35. The van der Waals surface area contributed by atoms with Gasteiger partial charge in [0.1, 0.15) is 105 Å². The summed E-state index contributed by atoms with van der Waals surface area (Å²) in [4.78, 5) is 109. The number of carbonyl (C=O) groups is 4. The van der Waals surface area contributed by atoms with Crippen LogP contribution in [-0.2, 0) is 43.7 Å². The van der Waals surface area contributed by atoms with E-state index in [-0.39, 0.29) is 103 Å². The van der Waals surface area contributed by atoms with Crippen molar-refractivity contribution >= 4 is 157 Å². The van der Waals surface area contributed by atoms with Crippen LogP contribution in [0.15, 0.2) is 122 Å². The van der Waals surface area contributed by atoms with E-state index in [1.54, 1.807) is 96.0 Å². The van der Waals surface area contributed by atoms with Crippen LogP contribution in [0.2, 0.25) is 30.1 Å². The van der Waals surface area contributed by atoms with Crippen LogP contribution in [-0.4, -0.2) is 128 Å². The zero-order valence-corrected chi connectivity index (χ0v) is 69.4. The molecule has 5 N–H and O–H groups in total. The number of benzene rings is 7. The molecule has 3 aliphatic heterocycles. The maximum absolute atomic E-state index is 13.5. The molecular formula is C79H77Cl6N17O14. The third kappa shape index (κ3) is 17.8. The van der Waals surface area contributed by atoms with Crippen molar-refractivity contribution < 1.29 is 57.4 Å². The first kappa shape index (κ1) is 86.2. The van der Waals surface area contributed by atoms with Gasteiger partial charge in [-0.25, -0.2) is 44.3 Å². The number of nitrogens with one attached hydrogen (secondary N) is 1. The van der Waals surface area contributed by atoms with Crippen LogP contribution in [0, 0.1) is 47.9 Å². The molecule has 3 aromatic heterocycles. The standard InChI is InChI=1S/C26H25Cl2N5O4.C23H21Cl2N5O5.C23H23Cl2N5O3.C7H8N2O2/c1-6-21(34)30-17-9-7-8-14(2)16(17)10-20-29-12-15-13-33(26(35)32(3)25(15)31-20)24-22(27)18(36-4)11-19(37-5)23(24)28;1-12-6-5-7-15(30(32)33)14(12)8-18-26-10-13-11-29(23(31)28(2)22(13)27-18)21-19(24)16(34-3)9-17(35-4)20(21)25;1-12-6-5-7-15(26)14(12)8-18-27-10-13-11-30(23(31)29(2)22(13)28-18)21-19(24)16(32-3)9-17(33-4)20(21)25;1-5-3-2-4-6(7(5)8)9(10)11/h6-9,11-12H,1,10,13H2,2-5H3,(H,30,34);5-7,9-10H,8,11H2,1-4H3;5-7,9-10H,8,11,26H2,1-4H3;2-4H,8H2,1H3. The number of hydrogen-bond acceptors (Lipinski definition) is 22. The van der Waals surface area contributed by atoms with Gasteiger partial charge in [0.25, 0.3) is 11.4 Å². The molecule has 0 saturated carbocycles. The summed E-state index contributed by atoms with van der Waals surface area (Å²) >= 11 is 39.3. The molecule has 0 atom stereocenters. The van der Waals surface area contributed by atoms with Crippen LogP contribution < -0.4 is 74.6 Å². The topological polar surface area (TPSA) is 371 Å². The minimum atomic E-state index is -0.484. The summed E-state index contributed by atoms with van der Waals surface area (Å²) < 4.78 is 32.0. The van der Waals surface area contributed by atoms with Gasteiger partial charge in [0.15, 0.2) is 0 Å². The van der Waals surface area contributed by atoms with E-state index in [1.165, 1.54) is 90.3 Å². The number of ether oxygens (including phenoxy) is 6. The number of methoxy groups -OCH3 is 6. The highest BCUT2D eigenvalue weighted by molar-refractivity contribution is 6.44.